The SMILES string of the molecule is COc1ccc(-c2nc(CCl)no2)c(C)c1. The van der Waals surface area contributed by atoms with Crippen molar-refractivity contribution in [2.24, 2.45) is 0 Å². The maximum atomic E-state index is 5.61. The van der Waals surface area contributed by atoms with Gasteiger partial charge in [0.25, 0.3) is 5.89 Å². The molecular formula is C11H11ClN2O2. The highest BCUT2D eigenvalue weighted by Gasteiger charge is 2.10. The Morgan fingerprint density at radius 1 is 1.44 bits per heavy atom. The molecule has 2 aromatic rings. The largest absolute Gasteiger partial charge is 0.497 e. The first-order valence-electron chi connectivity index (χ1n) is 4.78. The van der Waals surface area contributed by atoms with Crippen LogP contribution in [0.5, 0.6) is 5.75 Å². The predicted molar refractivity (Wildman–Crippen MR) is 60.6 cm³/mol. The van der Waals surface area contributed by atoms with Gasteiger partial charge in [-0.25, -0.2) is 0 Å². The minimum Gasteiger partial charge on any atom is -0.497 e. The summed E-state index contributed by atoms with van der Waals surface area (Å²) < 4.78 is 10.2. The van der Waals surface area contributed by atoms with Crippen LogP contribution in [-0.4, -0.2) is 17.3 Å². The van der Waals surface area contributed by atoms with Crippen LogP contribution < -0.4 is 4.74 Å². The zero-order valence-corrected chi connectivity index (χ0v) is 9.78. The highest BCUT2D eigenvalue weighted by atomic mass is 35.5. The first-order chi connectivity index (χ1) is 7.74. The quantitative estimate of drug-likeness (QED) is 0.772. The number of nitrogens with zero attached hydrogens (tertiary/aromatic N) is 2. The van der Waals surface area contributed by atoms with E-state index in [9.17, 15) is 0 Å². The van der Waals surface area contributed by atoms with Crippen LogP contribution in [0.3, 0.4) is 0 Å². The summed E-state index contributed by atoms with van der Waals surface area (Å²) in [4.78, 5) is 4.16. The number of aryl methyl sites for hydroxylation is 1. The minimum atomic E-state index is 0.249. The molecule has 84 valence electrons. The van der Waals surface area contributed by atoms with Gasteiger partial charge in [0.2, 0.25) is 0 Å². The molecule has 0 atom stereocenters. The van der Waals surface area contributed by atoms with E-state index in [0.29, 0.717) is 11.7 Å². The van der Waals surface area contributed by atoms with E-state index in [2.05, 4.69) is 10.1 Å². The highest BCUT2D eigenvalue weighted by molar-refractivity contribution is 6.16. The first-order valence-corrected chi connectivity index (χ1v) is 5.31. The standard InChI is InChI=1S/C11H11ClN2O2/c1-7-5-8(15-2)3-4-9(7)11-13-10(6-12)14-16-11/h3-5H,6H2,1-2H3. The summed E-state index contributed by atoms with van der Waals surface area (Å²) in [6.45, 7) is 1.96. The third-order valence-corrected chi connectivity index (χ3v) is 2.49. The van der Waals surface area contributed by atoms with Crippen molar-refractivity contribution in [3.8, 4) is 17.2 Å². The molecular weight excluding hydrogens is 228 g/mol. The summed E-state index contributed by atoms with van der Waals surface area (Å²) in [5.41, 5.74) is 1.91. The van der Waals surface area contributed by atoms with Gasteiger partial charge in [-0.3, -0.25) is 0 Å². The normalized spacial score (nSPS) is 10.4. The molecule has 5 heteroatoms. The lowest BCUT2D eigenvalue weighted by molar-refractivity contribution is 0.413. The summed E-state index contributed by atoms with van der Waals surface area (Å²) in [7, 11) is 1.63. The number of hydrogen-bond acceptors (Lipinski definition) is 4. The molecule has 0 bridgehead atoms. The summed E-state index contributed by atoms with van der Waals surface area (Å²) in [5, 5.41) is 3.75. The molecule has 0 unspecified atom stereocenters. The number of aromatic nitrogens is 2. The molecule has 0 aliphatic heterocycles. The Balaban J connectivity index is 2.40. The van der Waals surface area contributed by atoms with Gasteiger partial charge in [-0.2, -0.15) is 4.98 Å². The lowest BCUT2D eigenvalue weighted by Gasteiger charge is -2.03. The molecule has 0 spiro atoms. The molecule has 0 N–H and O–H groups in total. The molecule has 16 heavy (non-hydrogen) atoms. The van der Waals surface area contributed by atoms with E-state index in [1.807, 2.05) is 25.1 Å². The van der Waals surface area contributed by atoms with E-state index in [0.717, 1.165) is 16.9 Å². The van der Waals surface area contributed by atoms with Crippen molar-refractivity contribution in [1.29, 1.82) is 0 Å². The smallest absolute Gasteiger partial charge is 0.258 e. The maximum absolute atomic E-state index is 5.61. The number of methoxy groups -OCH3 is 1. The molecule has 1 aromatic carbocycles. The lowest BCUT2D eigenvalue weighted by Crippen LogP contribution is -1.87. The van der Waals surface area contributed by atoms with Crippen molar-refractivity contribution in [3.05, 3.63) is 29.6 Å². The summed E-state index contributed by atoms with van der Waals surface area (Å²) in [6, 6.07) is 5.66. The van der Waals surface area contributed by atoms with Crippen molar-refractivity contribution in [3.63, 3.8) is 0 Å². The molecule has 0 aliphatic rings. The van der Waals surface area contributed by atoms with Gasteiger partial charge in [-0.05, 0) is 30.7 Å². The highest BCUT2D eigenvalue weighted by Crippen LogP contribution is 2.25. The molecule has 0 saturated carbocycles. The fourth-order valence-corrected chi connectivity index (χ4v) is 1.53. The molecule has 0 amide bonds. The number of hydrogen-bond donors (Lipinski definition) is 0. The number of alkyl halides is 1. The van der Waals surface area contributed by atoms with Gasteiger partial charge in [-0.1, -0.05) is 5.16 Å². The molecule has 2 rings (SSSR count). The molecule has 4 nitrogen and oxygen atoms in total. The van der Waals surface area contributed by atoms with Crippen molar-refractivity contribution >= 4 is 11.6 Å². The van der Waals surface area contributed by atoms with Crippen LogP contribution in [0, 0.1) is 6.92 Å². The van der Waals surface area contributed by atoms with Crippen molar-refractivity contribution < 1.29 is 9.26 Å². The van der Waals surface area contributed by atoms with Crippen molar-refractivity contribution in [1.82, 2.24) is 10.1 Å². The number of ether oxygens (including phenoxy) is 1. The Bertz CT molecular complexity index is 496. The zero-order chi connectivity index (χ0) is 11.5. The van der Waals surface area contributed by atoms with E-state index in [4.69, 9.17) is 20.9 Å². The Hall–Kier alpha value is -1.55. The van der Waals surface area contributed by atoms with Gasteiger partial charge < -0.3 is 9.26 Å². The Morgan fingerprint density at radius 3 is 2.81 bits per heavy atom. The second-order valence-electron chi connectivity index (χ2n) is 3.33. The average molecular weight is 239 g/mol. The van der Waals surface area contributed by atoms with Crippen molar-refractivity contribution in [2.75, 3.05) is 7.11 Å². The van der Waals surface area contributed by atoms with Crippen LogP contribution in [0.4, 0.5) is 0 Å². The number of halogens is 1. The second-order valence-corrected chi connectivity index (χ2v) is 3.60. The van der Waals surface area contributed by atoms with Gasteiger partial charge in [0, 0.05) is 5.56 Å². The fraction of sp³-hybridized carbons (Fsp3) is 0.273. The van der Waals surface area contributed by atoms with Crippen LogP contribution in [0.15, 0.2) is 22.7 Å². The van der Waals surface area contributed by atoms with E-state index in [1.165, 1.54) is 0 Å². The van der Waals surface area contributed by atoms with Gasteiger partial charge >= 0.3 is 0 Å². The van der Waals surface area contributed by atoms with E-state index < -0.39 is 0 Å². The predicted octanol–water partition coefficient (Wildman–Crippen LogP) is 2.79. The van der Waals surface area contributed by atoms with Gasteiger partial charge in [0.1, 0.15) is 5.75 Å². The zero-order valence-electron chi connectivity index (χ0n) is 9.03. The fourth-order valence-electron chi connectivity index (χ4n) is 1.42. The molecule has 0 saturated heterocycles. The van der Waals surface area contributed by atoms with Gasteiger partial charge in [0.15, 0.2) is 5.82 Å². The molecule has 0 radical (unpaired) electrons. The van der Waals surface area contributed by atoms with Crippen LogP contribution >= 0.6 is 11.6 Å². The van der Waals surface area contributed by atoms with Crippen LogP contribution in [0.1, 0.15) is 11.4 Å². The lowest BCUT2D eigenvalue weighted by atomic mass is 10.1. The topological polar surface area (TPSA) is 48.2 Å². The second kappa shape index (κ2) is 4.53. The average Bonchev–Trinajstić information content (AvgIpc) is 2.77. The van der Waals surface area contributed by atoms with Crippen LogP contribution in [-0.2, 0) is 5.88 Å². The van der Waals surface area contributed by atoms with E-state index in [1.54, 1.807) is 7.11 Å². The molecule has 0 aliphatic carbocycles. The monoisotopic (exact) mass is 238 g/mol. The van der Waals surface area contributed by atoms with E-state index in [-0.39, 0.29) is 5.88 Å². The van der Waals surface area contributed by atoms with Crippen LogP contribution in [0.25, 0.3) is 11.5 Å². The number of benzene rings is 1. The molecule has 0 fully saturated rings. The molecule has 1 heterocycles. The third kappa shape index (κ3) is 2.02. The van der Waals surface area contributed by atoms with E-state index >= 15 is 0 Å². The van der Waals surface area contributed by atoms with Gasteiger partial charge in [0.05, 0.1) is 13.0 Å². The Kier molecular flexibility index (Phi) is 3.10. The minimum absolute atomic E-state index is 0.249. The Morgan fingerprint density at radius 2 is 2.25 bits per heavy atom. The molecule has 1 aromatic heterocycles. The summed E-state index contributed by atoms with van der Waals surface area (Å²) in [5.74, 6) is 2.03. The Labute approximate surface area is 98.2 Å². The first kappa shape index (κ1) is 11.0. The van der Waals surface area contributed by atoms with Crippen molar-refractivity contribution in [2.45, 2.75) is 12.8 Å². The number of rotatable bonds is 3. The van der Waals surface area contributed by atoms with Crippen LogP contribution in [0.2, 0.25) is 0 Å². The summed E-state index contributed by atoms with van der Waals surface area (Å²) in [6.07, 6.45) is 0. The third-order valence-electron chi connectivity index (χ3n) is 2.25. The maximum Gasteiger partial charge on any atom is 0.258 e. The summed E-state index contributed by atoms with van der Waals surface area (Å²) >= 11 is 5.61. The van der Waals surface area contributed by atoms with Gasteiger partial charge in [-0.15, -0.1) is 11.6 Å².